The van der Waals surface area contributed by atoms with Crippen molar-refractivity contribution < 1.29 is 9.18 Å². The fourth-order valence-electron chi connectivity index (χ4n) is 0.735. The Balaban J connectivity index is 2.39. The van der Waals surface area contributed by atoms with Gasteiger partial charge < -0.3 is 5.32 Å². The first kappa shape index (κ1) is 5.54. The molecule has 1 aliphatic heterocycles. The number of carbonyl (C=O) groups excluding carboxylic acids is 1. The quantitative estimate of drug-likeness (QED) is 0.483. The van der Waals surface area contributed by atoms with Crippen LogP contribution in [0.15, 0.2) is 0 Å². The highest BCUT2D eigenvalue weighted by atomic mass is 19.1. The molecular formula is C5H8FNO. The molecule has 46 valence electrons. The lowest BCUT2D eigenvalue weighted by Crippen LogP contribution is -2.37. The number of amides is 1. The molecule has 1 heterocycles. The molecule has 8 heavy (non-hydrogen) atoms. The first-order valence-corrected chi connectivity index (χ1v) is 2.72. The van der Waals surface area contributed by atoms with Crippen molar-refractivity contribution >= 4 is 5.91 Å². The molecule has 0 unspecified atom stereocenters. The van der Waals surface area contributed by atoms with Gasteiger partial charge in [0.2, 0.25) is 0 Å². The molecule has 1 N–H and O–H groups in total. The van der Waals surface area contributed by atoms with Crippen LogP contribution in [0, 0.1) is 0 Å². The molecule has 1 amide bonds. The largest absolute Gasteiger partial charge is 0.354 e. The fourth-order valence-corrected chi connectivity index (χ4v) is 0.735. The van der Waals surface area contributed by atoms with Crippen LogP contribution in [0.2, 0.25) is 0 Å². The van der Waals surface area contributed by atoms with Crippen molar-refractivity contribution in [3.63, 3.8) is 0 Å². The van der Waals surface area contributed by atoms with Gasteiger partial charge in [-0.25, -0.2) is 4.39 Å². The zero-order valence-corrected chi connectivity index (χ0v) is 4.48. The van der Waals surface area contributed by atoms with Gasteiger partial charge in [-0.2, -0.15) is 0 Å². The Hall–Kier alpha value is -0.600. The van der Waals surface area contributed by atoms with E-state index in [-0.39, 0.29) is 0 Å². The van der Waals surface area contributed by atoms with Gasteiger partial charge in [0.25, 0.3) is 5.91 Å². The van der Waals surface area contributed by atoms with Gasteiger partial charge in [-0.05, 0) is 12.8 Å². The number of alkyl halides is 1. The van der Waals surface area contributed by atoms with E-state index in [0.29, 0.717) is 13.0 Å². The summed E-state index contributed by atoms with van der Waals surface area (Å²) < 4.78 is 12.2. The molecule has 3 heteroatoms. The van der Waals surface area contributed by atoms with Crippen LogP contribution in [0.1, 0.15) is 12.8 Å². The monoisotopic (exact) mass is 117 g/mol. The van der Waals surface area contributed by atoms with Crippen LogP contribution < -0.4 is 5.32 Å². The predicted molar refractivity (Wildman–Crippen MR) is 27.1 cm³/mol. The van der Waals surface area contributed by atoms with Crippen LogP contribution in [0.25, 0.3) is 0 Å². The van der Waals surface area contributed by atoms with Crippen molar-refractivity contribution in [3.05, 3.63) is 0 Å². The lowest BCUT2D eigenvalue weighted by Gasteiger charge is -2.13. The van der Waals surface area contributed by atoms with Gasteiger partial charge in [-0.1, -0.05) is 0 Å². The number of hydrogen-bond acceptors (Lipinski definition) is 1. The molecule has 1 aliphatic rings. The number of carbonyl (C=O) groups is 1. The highest BCUT2D eigenvalue weighted by Crippen LogP contribution is 2.05. The summed E-state index contributed by atoms with van der Waals surface area (Å²) in [5.41, 5.74) is 0. The molecule has 0 aliphatic carbocycles. The molecule has 1 saturated heterocycles. The summed E-state index contributed by atoms with van der Waals surface area (Å²) in [6.07, 6.45) is -0.0811. The van der Waals surface area contributed by atoms with E-state index in [0.717, 1.165) is 6.42 Å². The predicted octanol–water partition coefficient (Wildman–Crippen LogP) is 0.234. The minimum atomic E-state index is -1.25. The second-order valence-corrected chi connectivity index (χ2v) is 1.90. The standard InChI is InChI=1S/C5H8FNO/c6-4-2-1-3-7-5(4)8/h4H,1-3H2,(H,7,8)/t4-/m1/s1. The second kappa shape index (κ2) is 2.11. The summed E-state index contributed by atoms with van der Waals surface area (Å²) >= 11 is 0. The Kier molecular flexibility index (Phi) is 1.46. The Morgan fingerprint density at radius 2 is 2.50 bits per heavy atom. The number of halogens is 1. The van der Waals surface area contributed by atoms with Crippen molar-refractivity contribution in [3.8, 4) is 0 Å². The maximum atomic E-state index is 12.2. The Labute approximate surface area is 47.1 Å². The van der Waals surface area contributed by atoms with Crippen LogP contribution in [0.5, 0.6) is 0 Å². The van der Waals surface area contributed by atoms with E-state index in [4.69, 9.17) is 0 Å². The van der Waals surface area contributed by atoms with E-state index >= 15 is 0 Å². The van der Waals surface area contributed by atoms with Gasteiger partial charge in [0.15, 0.2) is 6.17 Å². The van der Waals surface area contributed by atoms with Gasteiger partial charge in [0, 0.05) is 6.54 Å². The molecule has 1 rings (SSSR count). The molecule has 1 fully saturated rings. The Bertz CT molecular complexity index is 105. The minimum Gasteiger partial charge on any atom is -0.354 e. The fraction of sp³-hybridized carbons (Fsp3) is 0.800. The van der Waals surface area contributed by atoms with Crippen molar-refractivity contribution in [1.82, 2.24) is 5.32 Å². The van der Waals surface area contributed by atoms with Gasteiger partial charge in [0.1, 0.15) is 0 Å². The van der Waals surface area contributed by atoms with Gasteiger partial charge in [-0.15, -0.1) is 0 Å². The lowest BCUT2D eigenvalue weighted by molar-refractivity contribution is -0.127. The summed E-state index contributed by atoms with van der Waals surface area (Å²) in [7, 11) is 0. The van der Waals surface area contributed by atoms with Crippen molar-refractivity contribution in [2.75, 3.05) is 6.54 Å². The van der Waals surface area contributed by atoms with Crippen molar-refractivity contribution in [2.24, 2.45) is 0 Å². The highest BCUT2D eigenvalue weighted by Gasteiger charge is 2.19. The number of rotatable bonds is 0. The van der Waals surface area contributed by atoms with Gasteiger partial charge in [-0.3, -0.25) is 4.79 Å². The minimum absolute atomic E-state index is 0.395. The third kappa shape index (κ3) is 0.967. The third-order valence-electron chi connectivity index (χ3n) is 1.22. The van der Waals surface area contributed by atoms with E-state index in [9.17, 15) is 9.18 Å². The lowest BCUT2D eigenvalue weighted by atomic mass is 10.1. The van der Waals surface area contributed by atoms with E-state index in [1.165, 1.54) is 0 Å². The molecule has 0 radical (unpaired) electrons. The molecule has 0 saturated carbocycles. The van der Waals surface area contributed by atoms with Crippen molar-refractivity contribution in [1.29, 1.82) is 0 Å². The van der Waals surface area contributed by atoms with E-state index < -0.39 is 12.1 Å². The maximum absolute atomic E-state index is 12.2. The van der Waals surface area contributed by atoms with Gasteiger partial charge in [0.05, 0.1) is 0 Å². The summed E-state index contributed by atoms with van der Waals surface area (Å²) in [5.74, 6) is -0.448. The zero-order valence-electron chi connectivity index (χ0n) is 4.48. The molecule has 1 atom stereocenters. The topological polar surface area (TPSA) is 29.1 Å². The molecule has 0 aromatic rings. The van der Waals surface area contributed by atoms with Gasteiger partial charge >= 0.3 is 0 Å². The molecule has 0 aromatic carbocycles. The Morgan fingerprint density at radius 3 is 2.88 bits per heavy atom. The summed E-state index contributed by atoms with van der Waals surface area (Å²) in [5, 5.41) is 2.42. The first-order chi connectivity index (χ1) is 3.80. The highest BCUT2D eigenvalue weighted by molar-refractivity contribution is 5.81. The van der Waals surface area contributed by atoms with Crippen LogP contribution in [-0.4, -0.2) is 18.6 Å². The molecule has 0 aromatic heterocycles. The summed E-state index contributed by atoms with van der Waals surface area (Å²) in [6, 6.07) is 0. The van der Waals surface area contributed by atoms with Crippen LogP contribution >= 0.6 is 0 Å². The number of piperidine rings is 1. The van der Waals surface area contributed by atoms with Crippen LogP contribution in [0.3, 0.4) is 0 Å². The van der Waals surface area contributed by atoms with E-state index in [1.54, 1.807) is 0 Å². The average Bonchev–Trinajstić information content (AvgIpc) is 1.77. The summed E-state index contributed by atoms with van der Waals surface area (Å²) in [4.78, 5) is 10.3. The Morgan fingerprint density at radius 1 is 1.75 bits per heavy atom. The van der Waals surface area contributed by atoms with E-state index in [2.05, 4.69) is 5.32 Å². The zero-order chi connectivity index (χ0) is 5.98. The molecular weight excluding hydrogens is 109 g/mol. The van der Waals surface area contributed by atoms with Crippen LogP contribution in [-0.2, 0) is 4.79 Å². The second-order valence-electron chi connectivity index (χ2n) is 1.90. The SMILES string of the molecule is O=C1NCCC[C@H]1F. The summed E-state index contributed by atoms with van der Waals surface area (Å²) in [6.45, 7) is 0.638. The maximum Gasteiger partial charge on any atom is 0.254 e. The van der Waals surface area contributed by atoms with E-state index in [1.807, 2.05) is 0 Å². The molecule has 0 spiro atoms. The normalized spacial score (nSPS) is 29.6. The van der Waals surface area contributed by atoms with Crippen molar-refractivity contribution in [2.45, 2.75) is 19.0 Å². The molecule has 0 bridgehead atoms. The number of hydrogen-bond donors (Lipinski definition) is 1. The molecule has 2 nitrogen and oxygen atoms in total. The number of nitrogens with one attached hydrogen (secondary N) is 1. The third-order valence-corrected chi connectivity index (χ3v) is 1.22. The first-order valence-electron chi connectivity index (χ1n) is 2.72. The van der Waals surface area contributed by atoms with Crippen LogP contribution in [0.4, 0.5) is 4.39 Å². The average molecular weight is 117 g/mol. The smallest absolute Gasteiger partial charge is 0.254 e.